The van der Waals surface area contributed by atoms with E-state index >= 15 is 0 Å². The molecule has 0 aliphatic rings. The number of thioether (sulfide) groups is 1. The number of nitro groups is 1. The molecule has 4 aromatic rings. The van der Waals surface area contributed by atoms with Gasteiger partial charge in [0.2, 0.25) is 0 Å². The van der Waals surface area contributed by atoms with E-state index < -0.39 is 10.8 Å². The molecular weight excluding hydrogens is 462 g/mol. The zero-order chi connectivity index (χ0) is 23.4. The summed E-state index contributed by atoms with van der Waals surface area (Å²) in [6, 6.07) is 15.6. The molecule has 0 unspecified atom stereocenters. The fourth-order valence-corrected chi connectivity index (χ4v) is 4.94. The van der Waals surface area contributed by atoms with Crippen molar-refractivity contribution in [3.63, 3.8) is 0 Å². The Kier molecular flexibility index (Phi) is 6.61. The minimum absolute atomic E-state index is 0.0172. The van der Waals surface area contributed by atoms with E-state index in [1.807, 2.05) is 37.3 Å². The minimum Gasteiger partial charge on any atom is -0.301 e. The van der Waals surface area contributed by atoms with E-state index in [2.05, 4.69) is 20.5 Å². The molecule has 11 heteroatoms. The molecule has 1 amide bonds. The van der Waals surface area contributed by atoms with Crippen LogP contribution in [-0.2, 0) is 4.79 Å². The summed E-state index contributed by atoms with van der Waals surface area (Å²) in [7, 11) is 0. The van der Waals surface area contributed by atoms with E-state index in [9.17, 15) is 19.7 Å². The average molecular weight is 480 g/mol. The van der Waals surface area contributed by atoms with Crippen LogP contribution in [0.15, 0.2) is 69.6 Å². The van der Waals surface area contributed by atoms with Crippen LogP contribution in [-0.4, -0.2) is 32.8 Å². The van der Waals surface area contributed by atoms with Crippen LogP contribution in [0.3, 0.4) is 0 Å². The molecule has 0 fully saturated rings. The standard InChI is InChI=1S/C22H17N5O4S2/c1-13-18(15-7-3-2-4-8-15)19-20(29)24-22(25-21(19)33-13)32-12-17(28)26-23-11-14-6-5-9-16(10-14)27(30)31/h2-11H,12H2,1H3,(H,26,28)(H,24,25,29)/b23-11+. The molecule has 2 heterocycles. The summed E-state index contributed by atoms with van der Waals surface area (Å²) in [5.74, 6) is -0.423. The summed E-state index contributed by atoms with van der Waals surface area (Å²) in [4.78, 5) is 44.1. The highest BCUT2D eigenvalue weighted by Gasteiger charge is 2.17. The fourth-order valence-electron chi connectivity index (χ4n) is 3.18. The van der Waals surface area contributed by atoms with Gasteiger partial charge in [-0.15, -0.1) is 11.3 Å². The second-order valence-electron chi connectivity index (χ2n) is 6.88. The molecule has 0 aliphatic heterocycles. The third-order valence-corrected chi connectivity index (χ3v) is 6.48. The summed E-state index contributed by atoms with van der Waals surface area (Å²) in [5, 5.41) is 15.5. The maximum atomic E-state index is 12.8. The molecule has 4 rings (SSSR count). The lowest BCUT2D eigenvalue weighted by atomic mass is 10.0. The van der Waals surface area contributed by atoms with Gasteiger partial charge in [0.15, 0.2) is 5.16 Å². The second-order valence-corrected chi connectivity index (χ2v) is 9.05. The zero-order valence-corrected chi connectivity index (χ0v) is 18.9. The van der Waals surface area contributed by atoms with Crippen molar-refractivity contribution in [3.8, 4) is 11.1 Å². The summed E-state index contributed by atoms with van der Waals surface area (Å²) in [6.07, 6.45) is 1.32. The van der Waals surface area contributed by atoms with Gasteiger partial charge in [-0.05, 0) is 12.5 Å². The van der Waals surface area contributed by atoms with E-state index in [1.165, 1.54) is 35.8 Å². The first-order valence-electron chi connectivity index (χ1n) is 9.70. The molecule has 0 saturated carbocycles. The predicted octanol–water partition coefficient (Wildman–Crippen LogP) is 4.11. The highest BCUT2D eigenvalue weighted by atomic mass is 32.2. The SMILES string of the molecule is Cc1sc2nc(SCC(=O)N/N=C/c3cccc([N+](=O)[O-])c3)[nH]c(=O)c2c1-c1ccccc1. The number of aryl methyl sites for hydroxylation is 1. The number of amides is 1. The molecule has 2 aromatic heterocycles. The maximum absolute atomic E-state index is 12.8. The van der Waals surface area contributed by atoms with Crippen LogP contribution in [0.4, 0.5) is 5.69 Å². The number of benzene rings is 2. The lowest BCUT2D eigenvalue weighted by molar-refractivity contribution is -0.384. The first-order chi connectivity index (χ1) is 15.9. The normalized spacial score (nSPS) is 11.2. The van der Waals surface area contributed by atoms with Gasteiger partial charge in [-0.25, -0.2) is 10.4 Å². The van der Waals surface area contributed by atoms with Crippen LogP contribution in [0.2, 0.25) is 0 Å². The van der Waals surface area contributed by atoms with Gasteiger partial charge in [-0.2, -0.15) is 5.10 Å². The molecular formula is C22H17N5O4S2. The first kappa shape index (κ1) is 22.4. The molecule has 2 N–H and O–H groups in total. The highest BCUT2D eigenvalue weighted by molar-refractivity contribution is 7.99. The van der Waals surface area contributed by atoms with Gasteiger partial charge in [0, 0.05) is 28.1 Å². The minimum atomic E-state index is -0.505. The zero-order valence-electron chi connectivity index (χ0n) is 17.3. The van der Waals surface area contributed by atoms with Crippen molar-refractivity contribution in [2.45, 2.75) is 12.1 Å². The summed E-state index contributed by atoms with van der Waals surface area (Å²) in [6.45, 7) is 1.95. The van der Waals surface area contributed by atoms with Crippen molar-refractivity contribution < 1.29 is 9.72 Å². The topological polar surface area (TPSA) is 130 Å². The molecule has 9 nitrogen and oxygen atoms in total. The van der Waals surface area contributed by atoms with Gasteiger partial charge in [-0.3, -0.25) is 19.7 Å². The Bertz CT molecular complexity index is 1430. The maximum Gasteiger partial charge on any atom is 0.270 e. The Morgan fingerprint density at radius 1 is 1.27 bits per heavy atom. The van der Waals surface area contributed by atoms with Crippen LogP contribution in [0.1, 0.15) is 10.4 Å². The van der Waals surface area contributed by atoms with Crippen molar-refractivity contribution in [2.75, 3.05) is 5.75 Å². The van der Waals surface area contributed by atoms with Crippen molar-refractivity contribution in [1.82, 2.24) is 15.4 Å². The molecule has 0 aliphatic carbocycles. The van der Waals surface area contributed by atoms with Gasteiger partial charge >= 0.3 is 0 Å². The van der Waals surface area contributed by atoms with Gasteiger partial charge in [-0.1, -0.05) is 54.2 Å². The number of non-ortho nitro benzene ring substituents is 1. The number of fused-ring (bicyclic) bond motifs is 1. The number of hydrazone groups is 1. The third-order valence-electron chi connectivity index (χ3n) is 4.60. The Labute approximate surface area is 195 Å². The number of thiophene rings is 1. The number of nitrogens with zero attached hydrogens (tertiary/aromatic N) is 3. The van der Waals surface area contributed by atoms with Gasteiger partial charge < -0.3 is 4.98 Å². The van der Waals surface area contributed by atoms with Crippen LogP contribution in [0, 0.1) is 17.0 Å². The van der Waals surface area contributed by atoms with Gasteiger partial charge in [0.1, 0.15) is 4.83 Å². The van der Waals surface area contributed by atoms with E-state index in [1.54, 1.807) is 6.07 Å². The number of aromatic nitrogens is 2. The number of hydrogen-bond acceptors (Lipinski definition) is 8. The average Bonchev–Trinajstić information content (AvgIpc) is 3.14. The second kappa shape index (κ2) is 9.76. The molecule has 0 bridgehead atoms. The Hall–Kier alpha value is -3.83. The van der Waals surface area contributed by atoms with Crippen molar-refractivity contribution in [1.29, 1.82) is 0 Å². The summed E-state index contributed by atoms with van der Waals surface area (Å²) < 4.78 is 0. The monoisotopic (exact) mass is 479 g/mol. The van der Waals surface area contributed by atoms with Crippen LogP contribution in [0.5, 0.6) is 0 Å². The molecule has 0 radical (unpaired) electrons. The molecule has 0 spiro atoms. The Balaban J connectivity index is 1.43. The Morgan fingerprint density at radius 2 is 2.06 bits per heavy atom. The molecule has 33 heavy (non-hydrogen) atoms. The Morgan fingerprint density at radius 3 is 2.82 bits per heavy atom. The largest absolute Gasteiger partial charge is 0.301 e. The molecule has 0 atom stereocenters. The molecule has 2 aromatic carbocycles. The van der Waals surface area contributed by atoms with E-state index in [0.717, 1.165) is 27.8 Å². The smallest absolute Gasteiger partial charge is 0.270 e. The summed E-state index contributed by atoms with van der Waals surface area (Å²) >= 11 is 2.52. The lowest BCUT2D eigenvalue weighted by Gasteiger charge is -2.03. The van der Waals surface area contributed by atoms with Crippen molar-refractivity contribution in [2.24, 2.45) is 5.10 Å². The number of nitro benzene ring substituents is 1. The van der Waals surface area contributed by atoms with E-state index in [-0.39, 0.29) is 17.0 Å². The number of carbonyl (C=O) groups is 1. The van der Waals surface area contributed by atoms with Gasteiger partial charge in [0.05, 0.1) is 22.3 Å². The quantitative estimate of drug-likeness (QED) is 0.135. The number of nitrogens with one attached hydrogen (secondary N) is 2. The predicted molar refractivity (Wildman–Crippen MR) is 130 cm³/mol. The number of carbonyl (C=O) groups excluding carboxylic acids is 1. The van der Waals surface area contributed by atoms with Crippen LogP contribution in [0.25, 0.3) is 21.3 Å². The highest BCUT2D eigenvalue weighted by Crippen LogP contribution is 2.35. The molecule has 0 saturated heterocycles. The van der Waals surface area contributed by atoms with Crippen molar-refractivity contribution in [3.05, 3.63) is 85.5 Å². The summed E-state index contributed by atoms with van der Waals surface area (Å²) in [5.41, 5.74) is 4.35. The number of H-pyrrole nitrogens is 1. The van der Waals surface area contributed by atoms with E-state index in [4.69, 9.17) is 0 Å². The number of hydrogen-bond donors (Lipinski definition) is 2. The first-order valence-corrected chi connectivity index (χ1v) is 11.5. The fraction of sp³-hybridized carbons (Fsp3) is 0.0909. The van der Waals surface area contributed by atoms with Gasteiger partial charge in [0.25, 0.3) is 17.2 Å². The van der Waals surface area contributed by atoms with Crippen LogP contribution < -0.4 is 11.0 Å². The van der Waals surface area contributed by atoms with E-state index in [0.29, 0.717) is 20.9 Å². The number of rotatable bonds is 7. The molecule has 166 valence electrons. The van der Waals surface area contributed by atoms with Crippen molar-refractivity contribution >= 4 is 51.1 Å². The third kappa shape index (κ3) is 5.16. The lowest BCUT2D eigenvalue weighted by Crippen LogP contribution is -2.20. The van der Waals surface area contributed by atoms with Crippen LogP contribution >= 0.6 is 23.1 Å². The number of aromatic amines is 1.